The number of methoxy groups -OCH3 is 1. The van der Waals surface area contributed by atoms with E-state index in [1.165, 1.54) is 7.11 Å². The highest BCUT2D eigenvalue weighted by atomic mass is 32.1. The summed E-state index contributed by atoms with van der Waals surface area (Å²) in [5.41, 5.74) is 0. The third-order valence-electron chi connectivity index (χ3n) is 1.72. The summed E-state index contributed by atoms with van der Waals surface area (Å²) < 4.78 is 8.84. The second kappa shape index (κ2) is 7.41. The van der Waals surface area contributed by atoms with Gasteiger partial charge in [0, 0.05) is 7.11 Å². The van der Waals surface area contributed by atoms with E-state index in [0.29, 0.717) is 0 Å². The molecule has 86 valence electrons. The van der Waals surface area contributed by atoms with Gasteiger partial charge in [-0.1, -0.05) is 0 Å². The first-order chi connectivity index (χ1) is 6.54. The van der Waals surface area contributed by atoms with Gasteiger partial charge in [-0.3, -0.25) is 0 Å². The van der Waals surface area contributed by atoms with E-state index < -0.39 is 24.4 Å². The molecule has 0 radical (unpaired) electrons. The van der Waals surface area contributed by atoms with Crippen LogP contribution >= 0.6 is 12.9 Å². The molecule has 7 heteroatoms. The van der Waals surface area contributed by atoms with Crippen molar-refractivity contribution >= 4 is 12.9 Å². The minimum atomic E-state index is -1.51. The van der Waals surface area contributed by atoms with Crippen LogP contribution in [-0.4, -0.2) is 65.2 Å². The highest BCUT2D eigenvalue weighted by Gasteiger charge is 2.30. The Labute approximate surface area is 87.7 Å². The molecule has 6 nitrogen and oxygen atoms in total. The highest BCUT2D eigenvalue weighted by molar-refractivity contribution is 7.75. The fraction of sp³-hybridized carbons (Fsp3) is 1.00. The average molecular weight is 228 g/mol. The molecule has 0 aliphatic rings. The van der Waals surface area contributed by atoms with Gasteiger partial charge in [-0.2, -0.15) is 0 Å². The molecule has 0 rings (SSSR count). The Hall–Kier alpha value is 0.110. The number of aliphatic hydroxyl groups is 4. The van der Waals surface area contributed by atoms with Crippen LogP contribution in [-0.2, 0) is 8.92 Å². The lowest BCUT2D eigenvalue weighted by Gasteiger charge is -2.25. The third kappa shape index (κ3) is 4.56. The molecule has 14 heavy (non-hydrogen) atoms. The Morgan fingerprint density at radius 1 is 1.00 bits per heavy atom. The van der Waals surface area contributed by atoms with Crippen molar-refractivity contribution in [3.8, 4) is 0 Å². The van der Waals surface area contributed by atoms with Crippen LogP contribution in [0.25, 0.3) is 0 Å². The van der Waals surface area contributed by atoms with E-state index in [1.54, 1.807) is 0 Å². The minimum Gasteiger partial charge on any atom is -0.388 e. The van der Waals surface area contributed by atoms with E-state index in [4.69, 9.17) is 5.11 Å². The van der Waals surface area contributed by atoms with Crippen LogP contribution in [0.2, 0.25) is 0 Å². The number of rotatable bonds is 7. The van der Waals surface area contributed by atoms with Gasteiger partial charge in [0.1, 0.15) is 24.4 Å². The minimum absolute atomic E-state index is 0.132. The molecule has 0 heterocycles. The smallest absolute Gasteiger partial charge is 0.111 e. The Morgan fingerprint density at radius 2 is 1.43 bits per heavy atom. The molecule has 0 aromatic rings. The van der Waals surface area contributed by atoms with Crippen molar-refractivity contribution in [2.75, 3.05) is 20.3 Å². The monoisotopic (exact) mass is 228 g/mol. The van der Waals surface area contributed by atoms with E-state index in [-0.39, 0.29) is 13.2 Å². The second-order valence-electron chi connectivity index (χ2n) is 2.87. The summed E-state index contributed by atoms with van der Waals surface area (Å²) in [6.07, 6.45) is -5.57. The van der Waals surface area contributed by atoms with Crippen LogP contribution in [0.3, 0.4) is 0 Å². The molecule has 0 aromatic carbocycles. The number of aliphatic hydroxyl groups excluding tert-OH is 4. The SMILES string of the molecule is COC[C@@H](O)[C@@H](O)[C@H](O)[C@H](O)COS. The van der Waals surface area contributed by atoms with Crippen LogP contribution < -0.4 is 0 Å². The van der Waals surface area contributed by atoms with Gasteiger partial charge in [0.05, 0.1) is 13.2 Å². The first kappa shape index (κ1) is 14.1. The van der Waals surface area contributed by atoms with Gasteiger partial charge in [0.2, 0.25) is 0 Å². The molecule has 0 saturated carbocycles. The molecule has 0 fully saturated rings. The first-order valence-corrected chi connectivity index (χ1v) is 4.38. The standard InChI is InChI=1S/C7H16O6S/c1-12-2-4(8)6(10)7(11)5(9)3-13-14/h4-11,14H,2-3H2,1H3/t4-,5-,6-,7-/m1/s1. The van der Waals surface area contributed by atoms with Gasteiger partial charge in [-0.25, -0.2) is 0 Å². The van der Waals surface area contributed by atoms with Crippen molar-refractivity contribution in [1.29, 1.82) is 0 Å². The van der Waals surface area contributed by atoms with Crippen molar-refractivity contribution in [3.05, 3.63) is 0 Å². The molecule has 0 saturated heterocycles. The maximum Gasteiger partial charge on any atom is 0.111 e. The van der Waals surface area contributed by atoms with Crippen LogP contribution in [0.15, 0.2) is 0 Å². The summed E-state index contributed by atoms with van der Waals surface area (Å²) >= 11 is 3.38. The summed E-state index contributed by atoms with van der Waals surface area (Å²) in [6, 6.07) is 0. The number of ether oxygens (including phenoxy) is 1. The second-order valence-corrected chi connectivity index (χ2v) is 3.13. The van der Waals surface area contributed by atoms with Crippen molar-refractivity contribution in [2.45, 2.75) is 24.4 Å². The molecule has 4 N–H and O–H groups in total. The molecule has 0 unspecified atom stereocenters. The largest absolute Gasteiger partial charge is 0.388 e. The fourth-order valence-electron chi connectivity index (χ4n) is 0.900. The van der Waals surface area contributed by atoms with E-state index in [0.717, 1.165) is 0 Å². The molecule has 0 aliphatic carbocycles. The molecule has 0 aliphatic heterocycles. The highest BCUT2D eigenvalue weighted by Crippen LogP contribution is 2.06. The van der Waals surface area contributed by atoms with Crippen molar-refractivity contribution in [2.24, 2.45) is 0 Å². The molecule has 0 aromatic heterocycles. The van der Waals surface area contributed by atoms with Gasteiger partial charge >= 0.3 is 0 Å². The van der Waals surface area contributed by atoms with Gasteiger partial charge in [-0.15, -0.1) is 0 Å². The van der Waals surface area contributed by atoms with Crippen molar-refractivity contribution in [1.82, 2.24) is 0 Å². The fourth-order valence-corrected chi connectivity index (χ4v) is 1.05. The van der Waals surface area contributed by atoms with Crippen LogP contribution in [0.1, 0.15) is 0 Å². The topological polar surface area (TPSA) is 99.4 Å². The lowest BCUT2D eigenvalue weighted by atomic mass is 10.0. The normalized spacial score (nSPS) is 20.1. The van der Waals surface area contributed by atoms with Gasteiger partial charge < -0.3 is 29.3 Å². The van der Waals surface area contributed by atoms with E-state index in [1.807, 2.05) is 0 Å². The Bertz CT molecular complexity index is 130. The maximum atomic E-state index is 9.29. The summed E-state index contributed by atoms with van der Waals surface area (Å²) in [4.78, 5) is 0. The quantitative estimate of drug-likeness (QED) is 0.254. The Balaban J connectivity index is 4.01. The Morgan fingerprint density at radius 3 is 1.79 bits per heavy atom. The third-order valence-corrected chi connectivity index (χ3v) is 1.87. The Kier molecular flexibility index (Phi) is 7.47. The van der Waals surface area contributed by atoms with Gasteiger partial charge in [0.15, 0.2) is 0 Å². The summed E-state index contributed by atoms with van der Waals surface area (Å²) in [7, 11) is 1.34. The average Bonchev–Trinajstić information content (AvgIpc) is 2.16. The van der Waals surface area contributed by atoms with Crippen LogP contribution in [0.5, 0.6) is 0 Å². The zero-order valence-electron chi connectivity index (χ0n) is 7.78. The lowest BCUT2D eigenvalue weighted by molar-refractivity contribution is -0.123. The molecular weight excluding hydrogens is 212 g/mol. The zero-order chi connectivity index (χ0) is 11.1. The number of hydrogen-bond acceptors (Lipinski definition) is 7. The number of hydrogen-bond donors (Lipinski definition) is 5. The van der Waals surface area contributed by atoms with E-state index in [9.17, 15) is 15.3 Å². The van der Waals surface area contributed by atoms with Crippen LogP contribution in [0.4, 0.5) is 0 Å². The van der Waals surface area contributed by atoms with Crippen molar-refractivity contribution < 1.29 is 29.3 Å². The predicted molar refractivity (Wildman–Crippen MR) is 50.8 cm³/mol. The molecule has 0 spiro atoms. The summed E-state index contributed by atoms with van der Waals surface area (Å²) in [5, 5.41) is 36.9. The van der Waals surface area contributed by atoms with Gasteiger partial charge in [0.25, 0.3) is 0 Å². The molecule has 0 bridgehead atoms. The van der Waals surface area contributed by atoms with Crippen LogP contribution in [0, 0.1) is 0 Å². The maximum absolute atomic E-state index is 9.29. The van der Waals surface area contributed by atoms with E-state index in [2.05, 4.69) is 21.8 Å². The number of thiol groups is 1. The molecular formula is C7H16O6S. The van der Waals surface area contributed by atoms with E-state index >= 15 is 0 Å². The predicted octanol–water partition coefficient (Wildman–Crippen LogP) is -2.06. The first-order valence-electron chi connectivity index (χ1n) is 4.02. The lowest BCUT2D eigenvalue weighted by Crippen LogP contribution is -2.47. The molecule has 0 amide bonds. The summed E-state index contributed by atoms with van der Waals surface area (Å²) in [5.74, 6) is 0. The summed E-state index contributed by atoms with van der Waals surface area (Å²) in [6.45, 7) is -0.381. The van der Waals surface area contributed by atoms with Crippen molar-refractivity contribution in [3.63, 3.8) is 0 Å². The van der Waals surface area contributed by atoms with Gasteiger partial charge in [-0.05, 0) is 12.9 Å². The zero-order valence-corrected chi connectivity index (χ0v) is 8.67. The molecule has 4 atom stereocenters.